The number of halogens is 1. The van der Waals surface area contributed by atoms with E-state index in [1.165, 1.54) is 18.4 Å². The first-order valence-electron chi connectivity index (χ1n) is 9.40. The second-order valence-electron chi connectivity index (χ2n) is 6.55. The predicted molar refractivity (Wildman–Crippen MR) is 118 cm³/mol. The van der Waals surface area contributed by atoms with E-state index in [1.807, 2.05) is 6.92 Å². The lowest BCUT2D eigenvalue weighted by Gasteiger charge is -2.08. The van der Waals surface area contributed by atoms with Crippen molar-refractivity contribution in [3.63, 3.8) is 0 Å². The van der Waals surface area contributed by atoms with Crippen LogP contribution in [0.3, 0.4) is 0 Å². The number of anilines is 1. The summed E-state index contributed by atoms with van der Waals surface area (Å²) < 4.78 is 9.71. The molecule has 2 amide bonds. The number of thiophene rings is 1. The summed E-state index contributed by atoms with van der Waals surface area (Å²) in [4.78, 5) is 48.7. The van der Waals surface area contributed by atoms with E-state index in [0.29, 0.717) is 27.6 Å². The number of carbonyl (C=O) groups is 4. The Bertz CT molecular complexity index is 971. The van der Waals surface area contributed by atoms with Crippen molar-refractivity contribution in [2.24, 2.45) is 0 Å². The second kappa shape index (κ2) is 11.5. The van der Waals surface area contributed by atoms with Gasteiger partial charge >= 0.3 is 11.9 Å². The van der Waals surface area contributed by atoms with Crippen LogP contribution in [0.2, 0.25) is 5.02 Å². The summed E-state index contributed by atoms with van der Waals surface area (Å²) in [5.74, 6) is -1.94. The Morgan fingerprint density at radius 1 is 1.10 bits per heavy atom. The quantitative estimate of drug-likeness (QED) is 0.432. The summed E-state index contributed by atoms with van der Waals surface area (Å²) in [6, 6.07) is 6.44. The number of benzene rings is 1. The van der Waals surface area contributed by atoms with Gasteiger partial charge in [-0.1, -0.05) is 11.6 Å². The topological polar surface area (TPSA) is 111 Å². The van der Waals surface area contributed by atoms with E-state index in [1.54, 1.807) is 31.2 Å². The Kier molecular flexibility index (Phi) is 9.02. The van der Waals surface area contributed by atoms with Crippen LogP contribution in [-0.4, -0.2) is 44.0 Å². The highest BCUT2D eigenvalue weighted by Gasteiger charge is 2.22. The SMILES string of the molecule is COC(=O)c1c(NC(=O)COC(=O)CCCNC(=O)c2ccc(Cl)cc2)sc(C)c1C. The standard InChI is InChI=1S/C21H23ClN2O6S/c1-12-13(2)31-20(18(12)21(28)29-3)24-16(25)11-30-17(26)5-4-10-23-19(27)14-6-8-15(22)9-7-14/h6-9H,4-5,10-11H2,1-3H3,(H,23,27)(H,24,25). The van der Waals surface area contributed by atoms with Gasteiger partial charge in [0.05, 0.1) is 12.7 Å². The Balaban J connectivity index is 1.72. The summed E-state index contributed by atoms with van der Waals surface area (Å²) in [6.45, 7) is 3.39. The lowest BCUT2D eigenvalue weighted by molar-refractivity contribution is -0.147. The van der Waals surface area contributed by atoms with Crippen molar-refractivity contribution in [3.8, 4) is 0 Å². The normalized spacial score (nSPS) is 10.3. The van der Waals surface area contributed by atoms with Crippen LogP contribution < -0.4 is 10.6 Å². The van der Waals surface area contributed by atoms with E-state index >= 15 is 0 Å². The lowest BCUT2D eigenvalue weighted by atomic mass is 10.1. The third-order valence-corrected chi connectivity index (χ3v) is 5.72. The summed E-state index contributed by atoms with van der Waals surface area (Å²) in [5, 5.41) is 6.16. The van der Waals surface area contributed by atoms with Crippen LogP contribution in [0, 0.1) is 13.8 Å². The molecule has 1 heterocycles. The molecule has 10 heteroatoms. The number of methoxy groups -OCH3 is 1. The Morgan fingerprint density at radius 2 is 1.77 bits per heavy atom. The first-order chi connectivity index (χ1) is 14.7. The van der Waals surface area contributed by atoms with E-state index in [9.17, 15) is 19.2 Å². The smallest absolute Gasteiger partial charge is 0.341 e. The van der Waals surface area contributed by atoms with Gasteiger partial charge in [0.1, 0.15) is 5.00 Å². The largest absolute Gasteiger partial charge is 0.465 e. The summed E-state index contributed by atoms with van der Waals surface area (Å²) in [6.07, 6.45) is 0.397. The van der Waals surface area contributed by atoms with Gasteiger partial charge in [-0.15, -0.1) is 11.3 Å². The third-order valence-electron chi connectivity index (χ3n) is 4.34. The van der Waals surface area contributed by atoms with Gasteiger partial charge in [-0.25, -0.2) is 4.79 Å². The monoisotopic (exact) mass is 466 g/mol. The summed E-state index contributed by atoms with van der Waals surface area (Å²) >= 11 is 7.02. The van der Waals surface area contributed by atoms with Crippen molar-refractivity contribution >= 4 is 51.7 Å². The van der Waals surface area contributed by atoms with E-state index in [2.05, 4.69) is 10.6 Å². The molecule has 0 spiro atoms. The molecule has 0 bridgehead atoms. The predicted octanol–water partition coefficient (Wildman–Crippen LogP) is 3.50. The number of aryl methyl sites for hydroxylation is 1. The van der Waals surface area contributed by atoms with Gasteiger partial charge in [0.25, 0.3) is 11.8 Å². The zero-order chi connectivity index (χ0) is 23.0. The highest BCUT2D eigenvalue weighted by atomic mass is 35.5. The molecule has 1 aromatic heterocycles. The number of amides is 2. The molecule has 1 aromatic carbocycles. The number of hydrogen-bond donors (Lipinski definition) is 2. The lowest BCUT2D eigenvalue weighted by Crippen LogP contribution is -2.25. The molecule has 8 nitrogen and oxygen atoms in total. The molecular formula is C21H23ClN2O6S. The average Bonchev–Trinajstić information content (AvgIpc) is 3.02. The van der Waals surface area contributed by atoms with E-state index < -0.39 is 24.5 Å². The molecule has 0 radical (unpaired) electrons. The zero-order valence-electron chi connectivity index (χ0n) is 17.4. The summed E-state index contributed by atoms with van der Waals surface area (Å²) in [5.41, 5.74) is 1.49. The number of nitrogens with one attached hydrogen (secondary N) is 2. The van der Waals surface area contributed by atoms with Crippen molar-refractivity contribution in [1.29, 1.82) is 0 Å². The molecule has 0 aliphatic carbocycles. The highest BCUT2D eigenvalue weighted by molar-refractivity contribution is 7.16. The maximum atomic E-state index is 12.1. The van der Waals surface area contributed by atoms with Crippen molar-refractivity contribution in [2.45, 2.75) is 26.7 Å². The van der Waals surface area contributed by atoms with Crippen LogP contribution in [0.15, 0.2) is 24.3 Å². The van der Waals surface area contributed by atoms with Gasteiger partial charge in [0, 0.05) is 28.4 Å². The molecule has 0 fully saturated rings. The molecule has 0 saturated carbocycles. The number of esters is 2. The Morgan fingerprint density at radius 3 is 2.42 bits per heavy atom. The Hall–Kier alpha value is -2.91. The minimum absolute atomic E-state index is 0.0405. The van der Waals surface area contributed by atoms with Crippen LogP contribution in [0.1, 0.15) is 44.0 Å². The first kappa shape index (κ1) is 24.4. The van der Waals surface area contributed by atoms with E-state index in [0.717, 1.165) is 10.4 Å². The fourth-order valence-corrected chi connectivity index (χ4v) is 3.77. The molecule has 31 heavy (non-hydrogen) atoms. The van der Waals surface area contributed by atoms with Crippen molar-refractivity contribution in [3.05, 3.63) is 50.9 Å². The molecule has 2 aromatic rings. The fraction of sp³-hybridized carbons (Fsp3) is 0.333. The van der Waals surface area contributed by atoms with Crippen LogP contribution in [0.5, 0.6) is 0 Å². The minimum Gasteiger partial charge on any atom is -0.465 e. The van der Waals surface area contributed by atoms with E-state index in [-0.39, 0.29) is 18.9 Å². The van der Waals surface area contributed by atoms with Gasteiger partial charge < -0.3 is 20.1 Å². The molecule has 0 aliphatic rings. The van der Waals surface area contributed by atoms with Crippen LogP contribution in [0.4, 0.5) is 5.00 Å². The fourth-order valence-electron chi connectivity index (χ4n) is 2.58. The van der Waals surface area contributed by atoms with Crippen LogP contribution in [-0.2, 0) is 19.1 Å². The highest BCUT2D eigenvalue weighted by Crippen LogP contribution is 2.32. The molecule has 0 aliphatic heterocycles. The summed E-state index contributed by atoms with van der Waals surface area (Å²) in [7, 11) is 1.26. The number of hydrogen-bond acceptors (Lipinski definition) is 7. The van der Waals surface area contributed by atoms with E-state index in [4.69, 9.17) is 21.1 Å². The maximum Gasteiger partial charge on any atom is 0.341 e. The molecule has 2 rings (SSSR count). The van der Waals surface area contributed by atoms with Crippen molar-refractivity contribution in [2.75, 3.05) is 25.6 Å². The molecule has 0 saturated heterocycles. The van der Waals surface area contributed by atoms with Gasteiger partial charge in [-0.05, 0) is 50.1 Å². The number of carbonyl (C=O) groups excluding carboxylic acids is 4. The molecule has 0 atom stereocenters. The first-order valence-corrected chi connectivity index (χ1v) is 10.6. The van der Waals surface area contributed by atoms with Crippen LogP contribution >= 0.6 is 22.9 Å². The molecule has 0 unspecified atom stereocenters. The van der Waals surface area contributed by atoms with Crippen molar-refractivity contribution in [1.82, 2.24) is 5.32 Å². The van der Waals surface area contributed by atoms with Gasteiger partial charge in [-0.2, -0.15) is 0 Å². The maximum absolute atomic E-state index is 12.1. The van der Waals surface area contributed by atoms with Gasteiger partial charge in [0.2, 0.25) is 0 Å². The second-order valence-corrected chi connectivity index (χ2v) is 8.22. The zero-order valence-corrected chi connectivity index (χ0v) is 18.9. The molecule has 166 valence electrons. The Labute approximate surface area is 188 Å². The molecular weight excluding hydrogens is 444 g/mol. The minimum atomic E-state index is -0.567. The number of ether oxygens (including phenoxy) is 2. The number of rotatable bonds is 9. The van der Waals surface area contributed by atoms with Gasteiger partial charge in [-0.3, -0.25) is 14.4 Å². The van der Waals surface area contributed by atoms with Gasteiger partial charge in [0.15, 0.2) is 6.61 Å². The van der Waals surface area contributed by atoms with Crippen LogP contribution in [0.25, 0.3) is 0 Å². The average molecular weight is 467 g/mol. The van der Waals surface area contributed by atoms with Crippen molar-refractivity contribution < 1.29 is 28.7 Å². The third kappa shape index (κ3) is 7.08. The molecule has 2 N–H and O–H groups in total.